The Bertz CT molecular complexity index is 1160. The zero-order valence-corrected chi connectivity index (χ0v) is 17.1. The van der Waals surface area contributed by atoms with Gasteiger partial charge in [0.2, 0.25) is 12.7 Å². The van der Waals surface area contributed by atoms with Gasteiger partial charge in [0.1, 0.15) is 0 Å². The van der Waals surface area contributed by atoms with Crippen molar-refractivity contribution in [2.45, 2.75) is 25.9 Å². The number of amides is 2. The topological polar surface area (TPSA) is 67.9 Å². The molecule has 0 aromatic heterocycles. The van der Waals surface area contributed by atoms with Gasteiger partial charge in [-0.15, -0.1) is 0 Å². The molecule has 3 aromatic carbocycles. The van der Waals surface area contributed by atoms with Gasteiger partial charge >= 0.3 is 0 Å². The lowest BCUT2D eigenvalue weighted by Crippen LogP contribution is -2.32. The summed E-state index contributed by atoms with van der Waals surface area (Å²) in [7, 11) is 0. The minimum Gasteiger partial charge on any atom is -0.454 e. The van der Waals surface area contributed by atoms with Crippen LogP contribution in [0.5, 0.6) is 11.5 Å². The van der Waals surface area contributed by atoms with Crippen LogP contribution in [0.4, 0.5) is 5.69 Å². The number of carbonyl (C=O) groups excluding carboxylic acids is 2. The highest BCUT2D eigenvalue weighted by atomic mass is 16.7. The number of anilines is 1. The van der Waals surface area contributed by atoms with Crippen LogP contribution in [0.3, 0.4) is 0 Å². The minimum atomic E-state index is -0.366. The Morgan fingerprint density at radius 3 is 2.61 bits per heavy atom. The fraction of sp³-hybridized carbons (Fsp3) is 0.200. The number of ether oxygens (including phenoxy) is 2. The molecule has 0 spiro atoms. The van der Waals surface area contributed by atoms with Crippen LogP contribution >= 0.6 is 0 Å². The van der Waals surface area contributed by atoms with Crippen molar-refractivity contribution < 1.29 is 19.1 Å². The maximum Gasteiger partial charge on any atom is 0.255 e. The molecule has 0 saturated heterocycles. The molecule has 2 heterocycles. The van der Waals surface area contributed by atoms with Crippen molar-refractivity contribution in [3.05, 3.63) is 89.0 Å². The first-order valence-corrected chi connectivity index (χ1v) is 10.2. The maximum absolute atomic E-state index is 13.1. The molecule has 2 aliphatic heterocycles. The summed E-state index contributed by atoms with van der Waals surface area (Å²) in [5, 5.41) is 2.93. The Balaban J connectivity index is 1.39. The lowest BCUT2D eigenvalue weighted by Gasteiger charge is -2.28. The smallest absolute Gasteiger partial charge is 0.255 e. The monoisotopic (exact) mass is 414 g/mol. The van der Waals surface area contributed by atoms with E-state index in [1.165, 1.54) is 0 Å². The Morgan fingerprint density at radius 2 is 1.81 bits per heavy atom. The molecule has 2 amide bonds. The van der Waals surface area contributed by atoms with Gasteiger partial charge in [-0.2, -0.15) is 0 Å². The van der Waals surface area contributed by atoms with Crippen molar-refractivity contribution in [2.24, 2.45) is 0 Å². The number of nitrogens with zero attached hydrogens (tertiary/aromatic N) is 1. The summed E-state index contributed by atoms with van der Waals surface area (Å²) in [5.41, 5.74) is 4.39. The Kier molecular flexibility index (Phi) is 4.82. The Morgan fingerprint density at radius 1 is 1.03 bits per heavy atom. The van der Waals surface area contributed by atoms with E-state index >= 15 is 0 Å². The van der Waals surface area contributed by atoms with Crippen molar-refractivity contribution in [3.63, 3.8) is 0 Å². The van der Waals surface area contributed by atoms with Gasteiger partial charge in [0.25, 0.3) is 5.91 Å². The van der Waals surface area contributed by atoms with Crippen LogP contribution in [0.25, 0.3) is 0 Å². The van der Waals surface area contributed by atoms with Gasteiger partial charge in [-0.05, 0) is 36.2 Å². The van der Waals surface area contributed by atoms with E-state index in [-0.39, 0.29) is 31.1 Å². The molecular weight excluding hydrogens is 392 g/mol. The zero-order chi connectivity index (χ0) is 21.4. The molecule has 1 atom stereocenters. The number of hydrogen-bond acceptors (Lipinski definition) is 4. The van der Waals surface area contributed by atoms with Crippen molar-refractivity contribution in [1.82, 2.24) is 4.90 Å². The summed E-state index contributed by atoms with van der Waals surface area (Å²) < 4.78 is 10.7. The van der Waals surface area contributed by atoms with Crippen LogP contribution in [0.2, 0.25) is 0 Å². The van der Waals surface area contributed by atoms with E-state index in [4.69, 9.17) is 9.47 Å². The third kappa shape index (κ3) is 3.72. The molecule has 1 unspecified atom stereocenters. The first-order valence-electron chi connectivity index (χ1n) is 10.2. The molecule has 0 fully saturated rings. The highest BCUT2D eigenvalue weighted by molar-refractivity contribution is 5.99. The second kappa shape index (κ2) is 7.80. The molecule has 0 radical (unpaired) electrons. The largest absolute Gasteiger partial charge is 0.454 e. The van der Waals surface area contributed by atoms with Crippen molar-refractivity contribution >= 4 is 17.5 Å². The number of fused-ring (bicyclic) bond motifs is 2. The van der Waals surface area contributed by atoms with E-state index in [1.54, 1.807) is 23.1 Å². The highest BCUT2D eigenvalue weighted by Gasteiger charge is 2.34. The quantitative estimate of drug-likeness (QED) is 0.670. The summed E-state index contributed by atoms with van der Waals surface area (Å²) in [6.45, 7) is 2.69. The molecule has 0 bridgehead atoms. The number of aryl methyl sites for hydroxylation is 1. The second-order valence-corrected chi connectivity index (χ2v) is 7.84. The summed E-state index contributed by atoms with van der Waals surface area (Å²) in [6.07, 6.45) is 0.150. The summed E-state index contributed by atoms with van der Waals surface area (Å²) >= 11 is 0. The average molecular weight is 414 g/mol. The molecule has 156 valence electrons. The Hall–Kier alpha value is -3.80. The SMILES string of the molecule is Cc1ccc(C(CC(=O)Nc2ccc3c(c2)OCO3)N2Cc3ccccc3C2=O)cc1. The van der Waals surface area contributed by atoms with Crippen LogP contribution in [0.1, 0.15) is 39.5 Å². The normalized spacial score (nSPS) is 15.0. The molecule has 0 aliphatic carbocycles. The van der Waals surface area contributed by atoms with Gasteiger partial charge in [0, 0.05) is 23.9 Å². The average Bonchev–Trinajstić information content (AvgIpc) is 3.37. The van der Waals surface area contributed by atoms with Crippen LogP contribution < -0.4 is 14.8 Å². The number of benzene rings is 3. The van der Waals surface area contributed by atoms with E-state index in [2.05, 4.69) is 5.32 Å². The lowest BCUT2D eigenvalue weighted by atomic mass is 10.00. The molecule has 6 heteroatoms. The van der Waals surface area contributed by atoms with E-state index in [0.717, 1.165) is 16.7 Å². The van der Waals surface area contributed by atoms with Gasteiger partial charge in [-0.1, -0.05) is 48.0 Å². The molecular formula is C25H22N2O4. The zero-order valence-electron chi connectivity index (χ0n) is 17.1. The molecule has 3 aromatic rings. The molecule has 0 saturated carbocycles. The van der Waals surface area contributed by atoms with Gasteiger partial charge in [0.05, 0.1) is 12.5 Å². The molecule has 5 rings (SSSR count). The van der Waals surface area contributed by atoms with Crippen molar-refractivity contribution in [3.8, 4) is 11.5 Å². The van der Waals surface area contributed by atoms with Crippen LogP contribution in [-0.4, -0.2) is 23.5 Å². The van der Waals surface area contributed by atoms with E-state index < -0.39 is 0 Å². The summed E-state index contributed by atoms with van der Waals surface area (Å²) in [4.78, 5) is 27.9. The predicted octanol–water partition coefficient (Wildman–Crippen LogP) is 4.45. The van der Waals surface area contributed by atoms with Gasteiger partial charge in [-0.3, -0.25) is 9.59 Å². The number of rotatable bonds is 5. The molecule has 1 N–H and O–H groups in total. The number of carbonyl (C=O) groups is 2. The van der Waals surface area contributed by atoms with Crippen LogP contribution in [0.15, 0.2) is 66.7 Å². The summed E-state index contributed by atoms with van der Waals surface area (Å²) in [6, 6.07) is 20.5. The van der Waals surface area contributed by atoms with E-state index in [9.17, 15) is 9.59 Å². The first kappa shape index (κ1) is 19.2. The highest BCUT2D eigenvalue weighted by Crippen LogP contribution is 2.36. The minimum absolute atomic E-state index is 0.0444. The predicted molar refractivity (Wildman–Crippen MR) is 116 cm³/mol. The number of nitrogens with one attached hydrogen (secondary N) is 1. The summed E-state index contributed by atoms with van der Waals surface area (Å²) in [5.74, 6) is 1.05. The Labute approximate surface area is 180 Å². The molecule has 6 nitrogen and oxygen atoms in total. The van der Waals surface area contributed by atoms with Gasteiger partial charge in [0.15, 0.2) is 11.5 Å². The van der Waals surface area contributed by atoms with Crippen molar-refractivity contribution in [1.29, 1.82) is 0 Å². The van der Waals surface area contributed by atoms with Crippen molar-refractivity contribution in [2.75, 3.05) is 12.1 Å². The molecule has 31 heavy (non-hydrogen) atoms. The fourth-order valence-corrected chi connectivity index (χ4v) is 4.09. The van der Waals surface area contributed by atoms with Gasteiger partial charge < -0.3 is 19.7 Å². The third-order valence-electron chi connectivity index (χ3n) is 5.72. The van der Waals surface area contributed by atoms with Gasteiger partial charge in [-0.25, -0.2) is 0 Å². The number of hydrogen-bond donors (Lipinski definition) is 1. The second-order valence-electron chi connectivity index (χ2n) is 7.84. The van der Waals surface area contributed by atoms with E-state index in [0.29, 0.717) is 29.3 Å². The van der Waals surface area contributed by atoms with E-state index in [1.807, 2.05) is 55.5 Å². The first-order chi connectivity index (χ1) is 15.1. The van der Waals surface area contributed by atoms with Crippen LogP contribution in [-0.2, 0) is 11.3 Å². The van der Waals surface area contributed by atoms with Crippen LogP contribution in [0, 0.1) is 6.92 Å². The lowest BCUT2D eigenvalue weighted by molar-refractivity contribution is -0.117. The fourth-order valence-electron chi connectivity index (χ4n) is 4.09. The maximum atomic E-state index is 13.1. The third-order valence-corrected chi connectivity index (χ3v) is 5.72. The molecule has 2 aliphatic rings. The standard InChI is InChI=1S/C25H22N2O4/c1-16-6-8-17(9-7-16)21(27-14-18-4-2-3-5-20(18)25(27)29)13-24(28)26-19-10-11-22-23(12-19)31-15-30-22/h2-12,21H,13-15H2,1H3,(H,26,28).